The van der Waals surface area contributed by atoms with Crippen LogP contribution in [0.25, 0.3) is 0 Å². The normalized spacial score (nSPS) is 17.3. The molecule has 0 atom stereocenters. The molecule has 0 aliphatic carbocycles. The lowest BCUT2D eigenvalue weighted by molar-refractivity contribution is 0.0662. The maximum Gasteiger partial charge on any atom is 0.0469 e. The molecule has 2 heteroatoms. The van der Waals surface area contributed by atoms with Gasteiger partial charge in [-0.15, -0.1) is 0 Å². The second kappa shape index (κ2) is 6.91. The van der Waals surface area contributed by atoms with Gasteiger partial charge in [-0.05, 0) is 42.3 Å². The summed E-state index contributed by atoms with van der Waals surface area (Å²) in [5, 5.41) is 3.57. The fourth-order valence-electron chi connectivity index (χ4n) is 2.36. The van der Waals surface area contributed by atoms with E-state index in [2.05, 4.69) is 43.4 Å². The van der Waals surface area contributed by atoms with Crippen LogP contribution in [0.5, 0.6) is 0 Å². The highest BCUT2D eigenvalue weighted by Gasteiger charge is 2.12. The predicted octanol–water partition coefficient (Wildman–Crippen LogP) is 3.17. The van der Waals surface area contributed by atoms with Gasteiger partial charge in [0, 0.05) is 19.8 Å². The van der Waals surface area contributed by atoms with Crippen molar-refractivity contribution in [2.45, 2.75) is 33.2 Å². The Morgan fingerprint density at radius 3 is 2.78 bits per heavy atom. The lowest BCUT2D eigenvalue weighted by Crippen LogP contribution is -2.27. The Kier molecular flexibility index (Phi) is 5.21. The van der Waals surface area contributed by atoms with Crippen molar-refractivity contribution in [1.82, 2.24) is 5.32 Å². The van der Waals surface area contributed by atoms with Gasteiger partial charge in [0.15, 0.2) is 0 Å². The van der Waals surface area contributed by atoms with Gasteiger partial charge in [0.1, 0.15) is 0 Å². The van der Waals surface area contributed by atoms with Crippen LogP contribution in [-0.4, -0.2) is 19.8 Å². The molecule has 0 unspecified atom stereocenters. The summed E-state index contributed by atoms with van der Waals surface area (Å²) >= 11 is 0. The topological polar surface area (TPSA) is 21.3 Å². The van der Waals surface area contributed by atoms with Crippen LogP contribution in [-0.2, 0) is 11.3 Å². The van der Waals surface area contributed by atoms with Gasteiger partial charge in [0.05, 0.1) is 0 Å². The van der Waals surface area contributed by atoms with E-state index in [4.69, 9.17) is 4.74 Å². The summed E-state index contributed by atoms with van der Waals surface area (Å²) in [6.07, 6.45) is 2.41. The highest BCUT2D eigenvalue weighted by molar-refractivity contribution is 5.32. The third-order valence-corrected chi connectivity index (χ3v) is 3.61. The predicted molar refractivity (Wildman–Crippen MR) is 75.4 cm³/mol. The maximum absolute atomic E-state index is 5.38. The molecule has 0 bridgehead atoms. The third kappa shape index (κ3) is 4.11. The van der Waals surface area contributed by atoms with Gasteiger partial charge in [-0.2, -0.15) is 0 Å². The Morgan fingerprint density at radius 1 is 1.28 bits per heavy atom. The van der Waals surface area contributed by atoms with Gasteiger partial charge in [0.2, 0.25) is 0 Å². The number of rotatable bonds is 5. The second-order valence-corrected chi connectivity index (χ2v) is 5.39. The third-order valence-electron chi connectivity index (χ3n) is 3.61. The molecule has 1 saturated heterocycles. The van der Waals surface area contributed by atoms with E-state index in [-0.39, 0.29) is 0 Å². The van der Waals surface area contributed by atoms with E-state index in [9.17, 15) is 0 Å². The van der Waals surface area contributed by atoms with E-state index in [1.165, 1.54) is 29.9 Å². The first kappa shape index (κ1) is 13.6. The number of ether oxygens (including phenoxy) is 1. The molecule has 1 radical (unpaired) electrons. The minimum Gasteiger partial charge on any atom is -0.381 e. The number of hydrogen-bond acceptors (Lipinski definition) is 2. The first-order chi connectivity index (χ1) is 8.75. The van der Waals surface area contributed by atoms with Gasteiger partial charge in [-0.1, -0.05) is 38.1 Å². The van der Waals surface area contributed by atoms with Crippen LogP contribution in [0.2, 0.25) is 0 Å². The number of benzene rings is 1. The maximum atomic E-state index is 5.38. The van der Waals surface area contributed by atoms with E-state index in [1.807, 2.05) is 0 Å². The summed E-state index contributed by atoms with van der Waals surface area (Å²) in [6, 6.07) is 8.81. The summed E-state index contributed by atoms with van der Waals surface area (Å²) in [5.41, 5.74) is 2.72. The van der Waals surface area contributed by atoms with Crippen molar-refractivity contribution in [2.75, 3.05) is 19.8 Å². The van der Waals surface area contributed by atoms with Gasteiger partial charge in [-0.25, -0.2) is 0 Å². The largest absolute Gasteiger partial charge is 0.381 e. The van der Waals surface area contributed by atoms with E-state index in [0.717, 1.165) is 32.2 Å². The van der Waals surface area contributed by atoms with Crippen molar-refractivity contribution in [2.24, 2.45) is 5.92 Å². The van der Waals surface area contributed by atoms with Crippen LogP contribution in [0.1, 0.15) is 37.8 Å². The zero-order valence-corrected chi connectivity index (χ0v) is 11.5. The highest BCUT2D eigenvalue weighted by Crippen LogP contribution is 2.16. The molecular formula is C16H24NO. The summed E-state index contributed by atoms with van der Waals surface area (Å²) in [5.74, 6) is 2.17. The van der Waals surface area contributed by atoms with Crippen LogP contribution in [0.4, 0.5) is 0 Å². The molecule has 0 amide bonds. The highest BCUT2D eigenvalue weighted by atomic mass is 16.5. The lowest BCUT2D eigenvalue weighted by Gasteiger charge is -2.22. The van der Waals surface area contributed by atoms with Crippen molar-refractivity contribution >= 4 is 0 Å². The van der Waals surface area contributed by atoms with Crippen molar-refractivity contribution in [3.63, 3.8) is 0 Å². The summed E-state index contributed by atoms with van der Waals surface area (Å²) in [7, 11) is 0. The second-order valence-electron chi connectivity index (χ2n) is 5.39. The molecule has 1 heterocycles. The van der Waals surface area contributed by atoms with Crippen molar-refractivity contribution in [1.29, 1.82) is 0 Å². The van der Waals surface area contributed by atoms with Gasteiger partial charge in [0.25, 0.3) is 0 Å². The van der Waals surface area contributed by atoms with Gasteiger partial charge in [-0.3, -0.25) is 0 Å². The minimum atomic E-state index is 0.793. The molecular weight excluding hydrogens is 222 g/mol. The molecule has 1 N–H and O–H groups in total. The average molecular weight is 246 g/mol. The molecule has 1 aromatic carbocycles. The Labute approximate surface area is 111 Å². The van der Waals surface area contributed by atoms with Crippen molar-refractivity contribution in [3.8, 4) is 0 Å². The summed E-state index contributed by atoms with van der Waals surface area (Å²) in [4.78, 5) is 0. The van der Waals surface area contributed by atoms with Crippen LogP contribution in [0.15, 0.2) is 24.3 Å². The standard InChI is InChI=1S/C16H24NO/c1-13(2)16-5-3-4-15(10-16)12-17-11-14-6-8-18-9-7-14/h3-5,10,14,17H,6-9,11-12H2,1-2H3. The van der Waals surface area contributed by atoms with Crippen LogP contribution < -0.4 is 5.32 Å². The first-order valence-corrected chi connectivity index (χ1v) is 6.93. The Bertz CT molecular complexity index is 356. The summed E-state index contributed by atoms with van der Waals surface area (Å²) in [6.45, 7) is 8.28. The fourth-order valence-corrected chi connectivity index (χ4v) is 2.36. The Balaban J connectivity index is 1.77. The molecule has 2 rings (SSSR count). The Morgan fingerprint density at radius 2 is 2.06 bits per heavy atom. The molecule has 99 valence electrons. The molecule has 0 saturated carbocycles. The molecule has 18 heavy (non-hydrogen) atoms. The lowest BCUT2D eigenvalue weighted by atomic mass is 9.99. The van der Waals surface area contributed by atoms with Crippen LogP contribution in [0.3, 0.4) is 0 Å². The molecule has 1 aliphatic heterocycles. The van der Waals surface area contributed by atoms with E-state index in [0.29, 0.717) is 0 Å². The van der Waals surface area contributed by atoms with Crippen molar-refractivity contribution < 1.29 is 4.74 Å². The molecule has 1 fully saturated rings. The quantitative estimate of drug-likeness (QED) is 0.861. The van der Waals surface area contributed by atoms with E-state index < -0.39 is 0 Å². The Hall–Kier alpha value is -0.860. The zero-order valence-electron chi connectivity index (χ0n) is 11.5. The molecule has 0 spiro atoms. The SMILES string of the molecule is C[C](C)c1cccc(CNCC2CCOCC2)c1. The fraction of sp³-hybridized carbons (Fsp3) is 0.562. The van der Waals surface area contributed by atoms with Crippen LogP contribution >= 0.6 is 0 Å². The minimum absolute atomic E-state index is 0.793. The van der Waals surface area contributed by atoms with Gasteiger partial charge < -0.3 is 10.1 Å². The first-order valence-electron chi connectivity index (χ1n) is 6.93. The van der Waals surface area contributed by atoms with E-state index in [1.54, 1.807) is 0 Å². The number of nitrogens with one attached hydrogen (secondary N) is 1. The summed E-state index contributed by atoms with van der Waals surface area (Å²) < 4.78 is 5.38. The van der Waals surface area contributed by atoms with Crippen LogP contribution in [0, 0.1) is 11.8 Å². The molecule has 1 aliphatic rings. The number of hydrogen-bond donors (Lipinski definition) is 1. The monoisotopic (exact) mass is 246 g/mol. The smallest absolute Gasteiger partial charge is 0.0469 e. The molecule has 0 aromatic heterocycles. The zero-order chi connectivity index (χ0) is 12.8. The van der Waals surface area contributed by atoms with Crippen molar-refractivity contribution in [3.05, 3.63) is 41.3 Å². The molecule has 1 aromatic rings. The average Bonchev–Trinajstić information content (AvgIpc) is 2.40. The molecule has 2 nitrogen and oxygen atoms in total. The van der Waals surface area contributed by atoms with E-state index >= 15 is 0 Å². The van der Waals surface area contributed by atoms with Gasteiger partial charge >= 0.3 is 0 Å².